The molecule has 208 valence electrons. The van der Waals surface area contributed by atoms with Gasteiger partial charge in [-0.1, -0.05) is 18.2 Å². The lowest BCUT2D eigenvalue weighted by molar-refractivity contribution is 0.456. The Morgan fingerprint density at radius 2 is 1.10 bits per heavy atom. The number of nitrogens with zero attached hydrogens (tertiary/aromatic N) is 5. The Kier molecular flexibility index (Phi) is 6.12. The van der Waals surface area contributed by atoms with E-state index in [0.29, 0.717) is 17.5 Å². The van der Waals surface area contributed by atoms with Crippen LogP contribution in [0.2, 0.25) is 0 Å². The number of fused-ring (bicyclic) bond motifs is 4. The largest absolute Gasteiger partial charge is 0.508 e. The second kappa shape index (κ2) is 9.87. The summed E-state index contributed by atoms with van der Waals surface area (Å²) in [5, 5.41) is 20.0. The zero-order valence-electron chi connectivity index (χ0n) is 24.2. The van der Waals surface area contributed by atoms with E-state index in [1.165, 1.54) is 28.0 Å². The van der Waals surface area contributed by atoms with Crippen molar-refractivity contribution in [2.75, 3.05) is 0 Å². The minimum Gasteiger partial charge on any atom is -0.508 e. The molecule has 0 atom stereocenters. The molecule has 3 aromatic carbocycles. The third kappa shape index (κ3) is 4.71. The SMILES string of the molecule is CC1=Nc2cc3c(cc2C1)CC(c1cc(O)c(C)cc1O)=N3.CC1=Nc2cc3c(cc2C1)CC(c1ccc(C)cn1)=N3. The average Bonchev–Trinajstić information content (AvgIpc) is 3.71. The molecule has 7 nitrogen and oxygen atoms in total. The predicted molar refractivity (Wildman–Crippen MR) is 169 cm³/mol. The molecule has 42 heavy (non-hydrogen) atoms. The number of phenolic OH excluding ortho intramolecular Hbond substituents is 2. The lowest BCUT2D eigenvalue weighted by atomic mass is 9.99. The normalized spacial score (nSPS) is 15.5. The summed E-state index contributed by atoms with van der Waals surface area (Å²) in [6, 6.07) is 15.8. The Morgan fingerprint density at radius 1 is 0.548 bits per heavy atom. The van der Waals surface area contributed by atoms with E-state index in [9.17, 15) is 10.2 Å². The fourth-order valence-electron chi connectivity index (χ4n) is 5.96. The number of aliphatic imine (C=N–C) groups is 4. The first-order valence-electron chi connectivity index (χ1n) is 14.2. The van der Waals surface area contributed by atoms with E-state index in [4.69, 9.17) is 4.99 Å². The molecule has 0 spiro atoms. The smallest absolute Gasteiger partial charge is 0.125 e. The zero-order chi connectivity index (χ0) is 29.1. The first kappa shape index (κ1) is 26.0. The maximum Gasteiger partial charge on any atom is 0.125 e. The van der Waals surface area contributed by atoms with Gasteiger partial charge in [-0.15, -0.1) is 0 Å². The van der Waals surface area contributed by atoms with Crippen LogP contribution in [0.4, 0.5) is 22.7 Å². The predicted octanol–water partition coefficient (Wildman–Crippen LogP) is 7.45. The van der Waals surface area contributed by atoms with Gasteiger partial charge in [-0.05, 0) is 91.4 Å². The van der Waals surface area contributed by atoms with Crippen LogP contribution in [0.3, 0.4) is 0 Å². The van der Waals surface area contributed by atoms with Crippen LogP contribution in [0, 0.1) is 13.8 Å². The molecule has 4 aromatic rings. The van der Waals surface area contributed by atoms with Crippen molar-refractivity contribution in [2.45, 2.75) is 53.4 Å². The second-order valence-electron chi connectivity index (χ2n) is 11.6. The van der Waals surface area contributed by atoms with Crippen molar-refractivity contribution in [3.05, 3.63) is 99.4 Å². The third-order valence-corrected chi connectivity index (χ3v) is 8.13. The summed E-state index contributed by atoms with van der Waals surface area (Å²) in [7, 11) is 0. The maximum atomic E-state index is 10.1. The van der Waals surface area contributed by atoms with Crippen molar-refractivity contribution in [3.63, 3.8) is 0 Å². The Morgan fingerprint density at radius 3 is 1.69 bits per heavy atom. The highest BCUT2D eigenvalue weighted by Crippen LogP contribution is 2.40. The summed E-state index contributed by atoms with van der Waals surface area (Å²) in [6.45, 7) is 7.92. The van der Waals surface area contributed by atoms with E-state index in [-0.39, 0.29) is 11.5 Å². The summed E-state index contributed by atoms with van der Waals surface area (Å²) >= 11 is 0. The molecule has 5 heterocycles. The van der Waals surface area contributed by atoms with Crippen molar-refractivity contribution in [3.8, 4) is 11.5 Å². The van der Waals surface area contributed by atoms with Gasteiger partial charge in [0, 0.05) is 48.9 Å². The number of hydrogen-bond acceptors (Lipinski definition) is 7. The molecule has 0 radical (unpaired) electrons. The lowest BCUT2D eigenvalue weighted by Crippen LogP contribution is -2.03. The number of pyridine rings is 1. The summed E-state index contributed by atoms with van der Waals surface area (Å²) in [6.07, 6.45) is 5.30. The van der Waals surface area contributed by atoms with Crippen molar-refractivity contribution in [1.82, 2.24) is 4.98 Å². The van der Waals surface area contributed by atoms with Crippen LogP contribution >= 0.6 is 0 Å². The van der Waals surface area contributed by atoms with Crippen LogP contribution in [0.5, 0.6) is 11.5 Å². The molecule has 0 aliphatic carbocycles. The standard InChI is InChI=1S/C18H16N2O2.C17H15N3/c1-9-3-18(22)13(7-17(9)21)16-6-12-5-11-4-10(2)19-14(11)8-15(12)20-16;1-10-3-4-14(18-9-10)17-7-13-6-12-5-11(2)19-15(12)8-16(13)20-17/h3,5,7-8,21-22H,4,6H2,1-2H3;3-4,6,8-9H,5,7H2,1-2H3. The fraction of sp³-hybridized carbons (Fsp3) is 0.229. The minimum atomic E-state index is 0.156. The second-order valence-corrected chi connectivity index (χ2v) is 11.6. The molecule has 8 rings (SSSR count). The molecule has 4 aliphatic rings. The highest BCUT2D eigenvalue weighted by molar-refractivity contribution is 6.09. The molecule has 0 bridgehead atoms. The molecular weight excluding hydrogens is 522 g/mol. The number of aromatic hydroxyl groups is 2. The summed E-state index contributed by atoms with van der Waals surface area (Å²) in [5.41, 5.74) is 16.6. The summed E-state index contributed by atoms with van der Waals surface area (Å²) in [5.74, 6) is 0.331. The van der Waals surface area contributed by atoms with Gasteiger partial charge in [-0.25, -0.2) is 0 Å². The van der Waals surface area contributed by atoms with Crippen molar-refractivity contribution in [1.29, 1.82) is 0 Å². The van der Waals surface area contributed by atoms with Crippen LogP contribution in [0.1, 0.15) is 58.5 Å². The van der Waals surface area contributed by atoms with Crippen molar-refractivity contribution in [2.24, 2.45) is 20.0 Å². The van der Waals surface area contributed by atoms with Gasteiger partial charge in [0.05, 0.1) is 39.9 Å². The average molecular weight is 554 g/mol. The zero-order valence-corrected chi connectivity index (χ0v) is 24.2. The molecule has 4 aliphatic heterocycles. The first-order chi connectivity index (χ1) is 20.2. The van der Waals surface area contributed by atoms with Gasteiger partial charge < -0.3 is 10.2 Å². The molecule has 7 heteroatoms. The third-order valence-electron chi connectivity index (χ3n) is 8.13. The molecule has 0 fully saturated rings. The monoisotopic (exact) mass is 553 g/mol. The molecular formula is C35H31N5O2. The summed E-state index contributed by atoms with van der Waals surface area (Å²) < 4.78 is 0. The molecule has 0 saturated carbocycles. The molecule has 0 amide bonds. The molecule has 1 aromatic heterocycles. The Hall–Kier alpha value is -4.91. The lowest BCUT2D eigenvalue weighted by Gasteiger charge is -2.07. The molecule has 2 N–H and O–H groups in total. The fourth-order valence-corrected chi connectivity index (χ4v) is 5.96. The van der Waals surface area contributed by atoms with Crippen LogP contribution < -0.4 is 0 Å². The first-order valence-corrected chi connectivity index (χ1v) is 14.2. The van der Waals surface area contributed by atoms with Gasteiger partial charge >= 0.3 is 0 Å². The number of benzene rings is 3. The Labute approximate surface area is 244 Å². The highest BCUT2D eigenvalue weighted by atomic mass is 16.3. The summed E-state index contributed by atoms with van der Waals surface area (Å²) in [4.78, 5) is 22.9. The maximum absolute atomic E-state index is 10.1. The van der Waals surface area contributed by atoms with E-state index >= 15 is 0 Å². The highest BCUT2D eigenvalue weighted by Gasteiger charge is 2.24. The van der Waals surface area contributed by atoms with E-state index in [0.717, 1.165) is 70.4 Å². The van der Waals surface area contributed by atoms with E-state index in [2.05, 4.69) is 57.2 Å². The Balaban J connectivity index is 0.000000138. The number of hydrogen-bond donors (Lipinski definition) is 2. The van der Waals surface area contributed by atoms with Gasteiger partial charge in [-0.3, -0.25) is 25.0 Å². The van der Waals surface area contributed by atoms with Gasteiger partial charge in [0.25, 0.3) is 0 Å². The molecule has 0 saturated heterocycles. The van der Waals surface area contributed by atoms with Gasteiger partial charge in [0.2, 0.25) is 0 Å². The van der Waals surface area contributed by atoms with Crippen LogP contribution in [-0.4, -0.2) is 38.0 Å². The van der Waals surface area contributed by atoms with E-state index in [1.807, 2.05) is 26.1 Å². The number of aromatic nitrogens is 1. The van der Waals surface area contributed by atoms with Crippen LogP contribution in [-0.2, 0) is 25.7 Å². The number of aryl methyl sites for hydroxylation is 2. The van der Waals surface area contributed by atoms with E-state index < -0.39 is 0 Å². The number of phenols is 2. The van der Waals surface area contributed by atoms with Crippen LogP contribution in [0.25, 0.3) is 0 Å². The molecule has 0 unspecified atom stereocenters. The topological polar surface area (TPSA) is 103 Å². The van der Waals surface area contributed by atoms with E-state index in [1.54, 1.807) is 19.1 Å². The quantitative estimate of drug-likeness (QED) is 0.252. The van der Waals surface area contributed by atoms with Crippen LogP contribution in [0.15, 0.2) is 74.7 Å². The Bertz CT molecular complexity index is 1930. The minimum absolute atomic E-state index is 0.156. The number of rotatable bonds is 2. The van der Waals surface area contributed by atoms with Gasteiger partial charge in [0.15, 0.2) is 0 Å². The van der Waals surface area contributed by atoms with Crippen molar-refractivity contribution < 1.29 is 10.2 Å². The van der Waals surface area contributed by atoms with Crippen molar-refractivity contribution >= 4 is 45.6 Å². The van der Waals surface area contributed by atoms with Gasteiger partial charge in [-0.2, -0.15) is 0 Å². The van der Waals surface area contributed by atoms with Gasteiger partial charge in [0.1, 0.15) is 11.5 Å².